The van der Waals surface area contributed by atoms with Crippen LogP contribution in [-0.2, 0) is 16.0 Å². The number of likely N-dealkylation sites (tertiary alicyclic amines) is 1. The van der Waals surface area contributed by atoms with Crippen molar-refractivity contribution < 1.29 is 9.59 Å². The van der Waals surface area contributed by atoms with Crippen molar-refractivity contribution in [2.24, 2.45) is 0 Å². The molecule has 1 aromatic heterocycles. The molecule has 1 saturated heterocycles. The minimum Gasteiger partial charge on any atom is -0.342 e. The van der Waals surface area contributed by atoms with Crippen molar-refractivity contribution in [2.45, 2.75) is 63.8 Å². The van der Waals surface area contributed by atoms with Gasteiger partial charge in [-0.1, -0.05) is 42.0 Å². The Bertz CT molecular complexity index is 911. The molecule has 2 heterocycles. The normalized spacial score (nSPS) is 17.3. The molecule has 0 saturated carbocycles. The van der Waals surface area contributed by atoms with Crippen molar-refractivity contribution in [3.05, 3.63) is 59.8 Å². The predicted molar refractivity (Wildman–Crippen MR) is 122 cm³/mol. The highest BCUT2D eigenvalue weighted by Crippen LogP contribution is 2.27. The molecule has 6 nitrogen and oxygen atoms in total. The Labute approximate surface area is 184 Å². The van der Waals surface area contributed by atoms with Gasteiger partial charge in [-0.25, -0.2) is 4.68 Å². The Morgan fingerprint density at radius 1 is 1.06 bits per heavy atom. The second-order valence-electron chi connectivity index (χ2n) is 8.59. The van der Waals surface area contributed by atoms with Crippen molar-refractivity contribution in [3.63, 3.8) is 0 Å². The van der Waals surface area contributed by atoms with Gasteiger partial charge < -0.3 is 10.2 Å². The molecular formula is C25H32N4O2. The molecule has 31 heavy (non-hydrogen) atoms. The third-order valence-electron chi connectivity index (χ3n) is 6.35. The molecule has 2 aromatic rings. The summed E-state index contributed by atoms with van der Waals surface area (Å²) in [5.74, 6) is 0.996. The third-order valence-corrected chi connectivity index (χ3v) is 6.35. The van der Waals surface area contributed by atoms with Crippen LogP contribution in [0.2, 0.25) is 0 Å². The van der Waals surface area contributed by atoms with E-state index in [1.165, 1.54) is 18.4 Å². The molecule has 4 rings (SSSR count). The summed E-state index contributed by atoms with van der Waals surface area (Å²) >= 11 is 0. The van der Waals surface area contributed by atoms with E-state index < -0.39 is 0 Å². The zero-order chi connectivity index (χ0) is 21.5. The maximum absolute atomic E-state index is 12.7. The molecule has 164 valence electrons. The highest BCUT2D eigenvalue weighted by molar-refractivity contribution is 5.90. The SMILES string of the molecule is O=C(CCc1ccccc1)Nc1ccnn1C1CCN(C(=O)CC2=CCCCC2)CC1. The fraction of sp³-hybridized carbons (Fsp3) is 0.480. The maximum atomic E-state index is 12.7. The van der Waals surface area contributed by atoms with E-state index in [2.05, 4.69) is 16.5 Å². The van der Waals surface area contributed by atoms with Gasteiger partial charge in [0.1, 0.15) is 5.82 Å². The van der Waals surface area contributed by atoms with Crippen molar-refractivity contribution >= 4 is 17.6 Å². The van der Waals surface area contributed by atoms with Crippen molar-refractivity contribution in [2.75, 3.05) is 18.4 Å². The Morgan fingerprint density at radius 2 is 1.87 bits per heavy atom. The van der Waals surface area contributed by atoms with Gasteiger partial charge in [0.15, 0.2) is 0 Å². The number of hydrogen-bond acceptors (Lipinski definition) is 3. The number of nitrogens with zero attached hydrogens (tertiary/aromatic N) is 3. The first kappa shape index (κ1) is 21.3. The molecule has 2 aliphatic rings. The number of piperidine rings is 1. The Balaban J connectivity index is 1.26. The van der Waals surface area contributed by atoms with Gasteiger partial charge in [-0.15, -0.1) is 0 Å². The number of rotatable bonds is 7. The Morgan fingerprint density at radius 3 is 2.61 bits per heavy atom. The van der Waals surface area contributed by atoms with E-state index in [-0.39, 0.29) is 17.9 Å². The van der Waals surface area contributed by atoms with Gasteiger partial charge >= 0.3 is 0 Å². The van der Waals surface area contributed by atoms with Crippen molar-refractivity contribution in [3.8, 4) is 0 Å². The number of allylic oxidation sites excluding steroid dienone is 1. The average molecular weight is 421 g/mol. The van der Waals surface area contributed by atoms with Gasteiger partial charge in [0, 0.05) is 32.0 Å². The van der Waals surface area contributed by atoms with Gasteiger partial charge in [-0.05, 0) is 50.5 Å². The minimum atomic E-state index is -0.000950. The number of aryl methyl sites for hydroxylation is 1. The molecule has 1 fully saturated rings. The van der Waals surface area contributed by atoms with Crippen LogP contribution in [-0.4, -0.2) is 39.6 Å². The standard InChI is InChI=1S/C25H32N4O2/c30-24(12-11-20-7-3-1-4-8-20)27-23-13-16-26-29(23)22-14-17-28(18-15-22)25(31)19-21-9-5-2-6-10-21/h1,3-4,7-9,13,16,22H,2,5-6,10-12,14-15,17-19H2,(H,27,30). The number of anilines is 1. The summed E-state index contributed by atoms with van der Waals surface area (Å²) in [6, 6.07) is 12.1. The zero-order valence-corrected chi connectivity index (χ0v) is 18.1. The van der Waals surface area contributed by atoms with Crippen LogP contribution in [0.1, 0.15) is 63.0 Å². The Kier molecular flexibility index (Phi) is 7.18. The van der Waals surface area contributed by atoms with Crippen molar-refractivity contribution in [1.82, 2.24) is 14.7 Å². The van der Waals surface area contributed by atoms with Gasteiger partial charge in [0.25, 0.3) is 0 Å². The zero-order valence-electron chi connectivity index (χ0n) is 18.1. The van der Waals surface area contributed by atoms with Crippen LogP contribution in [0.4, 0.5) is 5.82 Å². The van der Waals surface area contributed by atoms with E-state index in [4.69, 9.17) is 0 Å². The van der Waals surface area contributed by atoms with Crippen LogP contribution in [0.25, 0.3) is 0 Å². The van der Waals surface area contributed by atoms with Crippen LogP contribution in [0.15, 0.2) is 54.2 Å². The number of carbonyl (C=O) groups is 2. The largest absolute Gasteiger partial charge is 0.342 e. The predicted octanol–water partition coefficient (Wildman–Crippen LogP) is 4.51. The van der Waals surface area contributed by atoms with Crippen molar-refractivity contribution in [1.29, 1.82) is 0 Å². The average Bonchev–Trinajstić information content (AvgIpc) is 3.27. The van der Waals surface area contributed by atoms with Gasteiger partial charge in [0.05, 0.1) is 12.2 Å². The molecule has 0 bridgehead atoms. The number of nitrogens with one attached hydrogen (secondary N) is 1. The first-order chi connectivity index (χ1) is 15.2. The van der Waals surface area contributed by atoms with Gasteiger partial charge in [-0.2, -0.15) is 5.10 Å². The fourth-order valence-corrected chi connectivity index (χ4v) is 4.54. The van der Waals surface area contributed by atoms with Crippen LogP contribution in [0, 0.1) is 0 Å². The summed E-state index contributed by atoms with van der Waals surface area (Å²) < 4.78 is 1.92. The Hall–Kier alpha value is -2.89. The monoisotopic (exact) mass is 420 g/mol. The molecule has 2 amide bonds. The van der Waals surface area contributed by atoms with Crippen LogP contribution < -0.4 is 5.32 Å². The van der Waals surface area contributed by atoms with E-state index in [9.17, 15) is 9.59 Å². The number of benzene rings is 1. The van der Waals surface area contributed by atoms with Gasteiger partial charge in [-0.3, -0.25) is 9.59 Å². The molecule has 1 aromatic carbocycles. The number of amides is 2. The molecule has 6 heteroatoms. The first-order valence-corrected chi connectivity index (χ1v) is 11.5. The number of aromatic nitrogens is 2. The van der Waals surface area contributed by atoms with E-state index in [0.29, 0.717) is 12.8 Å². The van der Waals surface area contributed by atoms with E-state index in [1.807, 2.05) is 46.0 Å². The molecular weight excluding hydrogens is 388 g/mol. The summed E-state index contributed by atoms with van der Waals surface area (Å²) in [6.07, 6.45) is 12.1. The van der Waals surface area contributed by atoms with Crippen LogP contribution in [0.3, 0.4) is 0 Å². The molecule has 0 radical (unpaired) electrons. The second kappa shape index (κ2) is 10.4. The highest BCUT2D eigenvalue weighted by atomic mass is 16.2. The highest BCUT2D eigenvalue weighted by Gasteiger charge is 2.26. The number of carbonyl (C=O) groups excluding carboxylic acids is 2. The molecule has 0 atom stereocenters. The quantitative estimate of drug-likeness (QED) is 0.670. The third kappa shape index (κ3) is 5.84. The van der Waals surface area contributed by atoms with Crippen LogP contribution in [0.5, 0.6) is 0 Å². The minimum absolute atomic E-state index is 0.000950. The van der Waals surface area contributed by atoms with E-state index >= 15 is 0 Å². The topological polar surface area (TPSA) is 67.2 Å². The fourth-order valence-electron chi connectivity index (χ4n) is 4.54. The first-order valence-electron chi connectivity index (χ1n) is 11.5. The molecule has 1 aliphatic carbocycles. The van der Waals surface area contributed by atoms with Gasteiger partial charge in [0.2, 0.25) is 11.8 Å². The lowest BCUT2D eigenvalue weighted by atomic mass is 9.96. The summed E-state index contributed by atoms with van der Waals surface area (Å²) in [4.78, 5) is 27.1. The molecule has 0 unspecified atom stereocenters. The van der Waals surface area contributed by atoms with E-state index in [0.717, 1.165) is 56.6 Å². The molecule has 1 aliphatic heterocycles. The lowest BCUT2D eigenvalue weighted by Gasteiger charge is -2.33. The summed E-state index contributed by atoms with van der Waals surface area (Å²) in [6.45, 7) is 1.50. The maximum Gasteiger partial charge on any atom is 0.226 e. The summed E-state index contributed by atoms with van der Waals surface area (Å²) in [5, 5.41) is 7.48. The number of hydrogen-bond donors (Lipinski definition) is 1. The van der Waals surface area contributed by atoms with E-state index in [1.54, 1.807) is 6.20 Å². The summed E-state index contributed by atoms with van der Waals surface area (Å²) in [7, 11) is 0. The van der Waals surface area contributed by atoms with Crippen LogP contribution >= 0.6 is 0 Å². The lowest BCUT2D eigenvalue weighted by molar-refractivity contribution is -0.131. The summed E-state index contributed by atoms with van der Waals surface area (Å²) in [5.41, 5.74) is 2.47. The lowest BCUT2D eigenvalue weighted by Crippen LogP contribution is -2.39. The molecule has 0 spiro atoms. The smallest absolute Gasteiger partial charge is 0.226 e. The second-order valence-corrected chi connectivity index (χ2v) is 8.59. The molecule has 1 N–H and O–H groups in total.